The van der Waals surface area contributed by atoms with Crippen molar-refractivity contribution in [1.82, 2.24) is 5.32 Å². The summed E-state index contributed by atoms with van der Waals surface area (Å²) in [7, 11) is 0. The lowest BCUT2D eigenvalue weighted by Gasteiger charge is -2.28. The van der Waals surface area contributed by atoms with Gasteiger partial charge in [0, 0.05) is 6.04 Å². The molecule has 2 atom stereocenters. The number of likely N-dealkylation sites (N-methyl/N-ethyl adjacent to an activating group) is 1. The summed E-state index contributed by atoms with van der Waals surface area (Å²) in [5, 5.41) is 3.62. The second-order valence-electron chi connectivity index (χ2n) is 5.61. The van der Waals surface area contributed by atoms with Crippen LogP contribution in [0.5, 0.6) is 0 Å². The number of nitrogens with one attached hydrogen (secondary N) is 1. The number of hydrogen-bond donors (Lipinski definition) is 1. The van der Waals surface area contributed by atoms with Crippen LogP contribution in [-0.4, -0.2) is 12.6 Å². The van der Waals surface area contributed by atoms with E-state index < -0.39 is 0 Å². The Morgan fingerprint density at radius 1 is 1.00 bits per heavy atom. The van der Waals surface area contributed by atoms with Gasteiger partial charge in [0.2, 0.25) is 0 Å². The van der Waals surface area contributed by atoms with Crippen molar-refractivity contribution in [2.75, 3.05) is 6.54 Å². The number of rotatable bonds is 7. The Balaban J connectivity index is 2.77. The van der Waals surface area contributed by atoms with Gasteiger partial charge in [-0.05, 0) is 35.9 Å². The summed E-state index contributed by atoms with van der Waals surface area (Å²) in [6.45, 7) is 12.4. The van der Waals surface area contributed by atoms with Gasteiger partial charge in [-0.2, -0.15) is 0 Å². The third-order valence-electron chi connectivity index (χ3n) is 3.74. The minimum Gasteiger partial charge on any atom is -0.313 e. The predicted octanol–water partition coefficient (Wildman–Crippen LogP) is 4.38. The summed E-state index contributed by atoms with van der Waals surface area (Å²) in [6, 6.07) is 9.76. The fourth-order valence-corrected chi connectivity index (χ4v) is 2.71. The maximum Gasteiger partial charge on any atom is 0.0156 e. The Morgan fingerprint density at radius 2 is 1.61 bits per heavy atom. The molecule has 1 heteroatoms. The number of benzene rings is 1. The Bertz CT molecular complexity index is 326. The van der Waals surface area contributed by atoms with Crippen LogP contribution in [0.25, 0.3) is 0 Å². The zero-order valence-corrected chi connectivity index (χ0v) is 12.7. The van der Waals surface area contributed by atoms with E-state index in [4.69, 9.17) is 0 Å². The molecule has 1 N–H and O–H groups in total. The molecule has 2 unspecified atom stereocenters. The van der Waals surface area contributed by atoms with Crippen molar-refractivity contribution >= 4 is 0 Å². The van der Waals surface area contributed by atoms with E-state index in [0.717, 1.165) is 6.54 Å². The van der Waals surface area contributed by atoms with E-state index >= 15 is 0 Å². The highest BCUT2D eigenvalue weighted by Crippen LogP contribution is 2.24. The summed E-state index contributed by atoms with van der Waals surface area (Å²) in [4.78, 5) is 0. The Kier molecular flexibility index (Phi) is 6.42. The molecule has 0 amide bonds. The maximum atomic E-state index is 3.62. The van der Waals surface area contributed by atoms with Crippen molar-refractivity contribution in [3.8, 4) is 0 Å². The van der Waals surface area contributed by atoms with Crippen LogP contribution >= 0.6 is 0 Å². The van der Waals surface area contributed by atoms with Crippen LogP contribution in [0.15, 0.2) is 24.3 Å². The lowest BCUT2D eigenvalue weighted by atomic mass is 9.86. The second-order valence-corrected chi connectivity index (χ2v) is 5.61. The number of aryl methyl sites for hydroxylation is 1. The van der Waals surface area contributed by atoms with Crippen molar-refractivity contribution in [3.63, 3.8) is 0 Å². The van der Waals surface area contributed by atoms with Crippen LogP contribution in [-0.2, 0) is 6.42 Å². The zero-order chi connectivity index (χ0) is 13.5. The van der Waals surface area contributed by atoms with Gasteiger partial charge >= 0.3 is 0 Å². The van der Waals surface area contributed by atoms with Crippen LogP contribution < -0.4 is 5.32 Å². The van der Waals surface area contributed by atoms with E-state index in [1.54, 1.807) is 0 Å². The lowest BCUT2D eigenvalue weighted by Crippen LogP contribution is -2.38. The SMILES string of the molecule is CCCc1ccc(C(C)C(NCC)C(C)C)cc1. The molecule has 0 saturated carbocycles. The molecule has 0 heterocycles. The van der Waals surface area contributed by atoms with Gasteiger partial charge in [-0.1, -0.05) is 65.3 Å². The van der Waals surface area contributed by atoms with Gasteiger partial charge in [-0.3, -0.25) is 0 Å². The molecule has 1 aromatic carbocycles. The molecule has 18 heavy (non-hydrogen) atoms. The van der Waals surface area contributed by atoms with Crippen molar-refractivity contribution < 1.29 is 0 Å². The summed E-state index contributed by atoms with van der Waals surface area (Å²) in [5.41, 5.74) is 2.91. The highest BCUT2D eigenvalue weighted by Gasteiger charge is 2.20. The van der Waals surface area contributed by atoms with Gasteiger partial charge in [0.25, 0.3) is 0 Å². The number of hydrogen-bond acceptors (Lipinski definition) is 1. The highest BCUT2D eigenvalue weighted by atomic mass is 14.9. The molecule has 0 saturated heterocycles. The van der Waals surface area contributed by atoms with E-state index in [9.17, 15) is 0 Å². The summed E-state index contributed by atoms with van der Waals surface area (Å²) >= 11 is 0. The van der Waals surface area contributed by atoms with Gasteiger partial charge in [0.05, 0.1) is 0 Å². The van der Waals surface area contributed by atoms with Gasteiger partial charge < -0.3 is 5.32 Å². The highest BCUT2D eigenvalue weighted by molar-refractivity contribution is 5.26. The van der Waals surface area contributed by atoms with Crippen LogP contribution in [0.1, 0.15) is 58.1 Å². The topological polar surface area (TPSA) is 12.0 Å². The van der Waals surface area contributed by atoms with E-state index in [1.165, 1.54) is 24.0 Å². The van der Waals surface area contributed by atoms with Crippen LogP contribution in [0.3, 0.4) is 0 Å². The zero-order valence-electron chi connectivity index (χ0n) is 12.7. The summed E-state index contributed by atoms with van der Waals surface area (Å²) < 4.78 is 0. The smallest absolute Gasteiger partial charge is 0.0156 e. The maximum absolute atomic E-state index is 3.62. The molecule has 1 rings (SSSR count). The van der Waals surface area contributed by atoms with Crippen LogP contribution in [0, 0.1) is 5.92 Å². The second kappa shape index (κ2) is 7.58. The molecule has 0 aliphatic rings. The Labute approximate surface area is 113 Å². The van der Waals surface area contributed by atoms with Crippen molar-refractivity contribution in [2.45, 2.75) is 59.4 Å². The van der Waals surface area contributed by atoms with Gasteiger partial charge in [0.15, 0.2) is 0 Å². The first kappa shape index (κ1) is 15.2. The third-order valence-corrected chi connectivity index (χ3v) is 3.74. The molecule has 0 aliphatic heterocycles. The average molecular weight is 247 g/mol. The molecule has 102 valence electrons. The fourth-order valence-electron chi connectivity index (χ4n) is 2.71. The molecule has 0 aliphatic carbocycles. The van der Waals surface area contributed by atoms with Crippen molar-refractivity contribution in [2.24, 2.45) is 5.92 Å². The van der Waals surface area contributed by atoms with E-state index in [1.807, 2.05) is 0 Å². The molecule has 0 bridgehead atoms. The third kappa shape index (κ3) is 4.13. The molecule has 0 radical (unpaired) electrons. The minimum absolute atomic E-state index is 0.562. The van der Waals surface area contributed by atoms with Crippen LogP contribution in [0.2, 0.25) is 0 Å². The van der Waals surface area contributed by atoms with Gasteiger partial charge in [-0.25, -0.2) is 0 Å². The first-order valence-electron chi connectivity index (χ1n) is 7.42. The standard InChI is InChI=1S/C17H29N/c1-6-8-15-9-11-16(12-10-15)14(5)17(13(3)4)18-7-2/h9-14,17-18H,6-8H2,1-5H3. The molecule has 1 nitrogen and oxygen atoms in total. The molecular weight excluding hydrogens is 218 g/mol. The Morgan fingerprint density at radius 3 is 2.06 bits per heavy atom. The average Bonchev–Trinajstić information content (AvgIpc) is 2.36. The van der Waals surface area contributed by atoms with Crippen molar-refractivity contribution in [3.05, 3.63) is 35.4 Å². The molecule has 0 fully saturated rings. The lowest BCUT2D eigenvalue weighted by molar-refractivity contribution is 0.360. The quantitative estimate of drug-likeness (QED) is 0.754. The monoisotopic (exact) mass is 247 g/mol. The van der Waals surface area contributed by atoms with Gasteiger partial charge in [-0.15, -0.1) is 0 Å². The molecular formula is C17H29N. The fraction of sp³-hybridized carbons (Fsp3) is 0.647. The first-order valence-corrected chi connectivity index (χ1v) is 7.42. The largest absolute Gasteiger partial charge is 0.313 e. The Hall–Kier alpha value is -0.820. The van der Waals surface area contributed by atoms with E-state index in [2.05, 4.69) is 64.2 Å². The van der Waals surface area contributed by atoms with Crippen LogP contribution in [0.4, 0.5) is 0 Å². The molecule has 0 spiro atoms. The first-order chi connectivity index (χ1) is 8.60. The van der Waals surface area contributed by atoms with E-state index in [-0.39, 0.29) is 0 Å². The summed E-state index contributed by atoms with van der Waals surface area (Å²) in [6.07, 6.45) is 2.41. The van der Waals surface area contributed by atoms with E-state index in [0.29, 0.717) is 17.9 Å². The molecule has 0 aromatic heterocycles. The summed E-state index contributed by atoms with van der Waals surface area (Å²) in [5.74, 6) is 1.23. The van der Waals surface area contributed by atoms with Gasteiger partial charge in [0.1, 0.15) is 0 Å². The predicted molar refractivity (Wildman–Crippen MR) is 81.2 cm³/mol. The van der Waals surface area contributed by atoms with Crippen molar-refractivity contribution in [1.29, 1.82) is 0 Å². The minimum atomic E-state index is 0.562. The normalized spacial score (nSPS) is 14.8. The molecule has 1 aromatic rings.